The van der Waals surface area contributed by atoms with E-state index in [9.17, 15) is 0 Å². The summed E-state index contributed by atoms with van der Waals surface area (Å²) < 4.78 is 0. The van der Waals surface area contributed by atoms with Crippen LogP contribution in [0.1, 0.15) is 92.9 Å². The molecular formula is C25H40. The van der Waals surface area contributed by atoms with Crippen LogP contribution in [0.4, 0.5) is 0 Å². The summed E-state index contributed by atoms with van der Waals surface area (Å²) in [7, 11) is 0. The Balaban J connectivity index is 1.93. The maximum absolute atomic E-state index is 2.66. The summed E-state index contributed by atoms with van der Waals surface area (Å²) in [6.45, 7) is 14.7. The summed E-state index contributed by atoms with van der Waals surface area (Å²) in [5.41, 5.74) is 7.27. The van der Waals surface area contributed by atoms with Crippen LogP contribution >= 0.6 is 0 Å². The van der Waals surface area contributed by atoms with E-state index in [-0.39, 0.29) is 0 Å². The van der Waals surface area contributed by atoms with Crippen molar-refractivity contribution in [3.05, 3.63) is 34.4 Å². The third-order valence-corrected chi connectivity index (χ3v) is 8.04. The van der Waals surface area contributed by atoms with Crippen LogP contribution in [0, 0.1) is 29.1 Å². The van der Waals surface area contributed by atoms with E-state index in [1.165, 1.54) is 51.4 Å². The molecule has 4 atom stereocenters. The van der Waals surface area contributed by atoms with Crippen molar-refractivity contribution in [2.75, 3.05) is 0 Å². The topological polar surface area (TPSA) is 0 Å². The Labute approximate surface area is 156 Å². The van der Waals surface area contributed by atoms with Crippen LogP contribution in [0.25, 0.3) is 0 Å². The highest BCUT2D eigenvalue weighted by Crippen LogP contribution is 2.54. The largest absolute Gasteiger partial charge is 0.0850 e. The molecule has 25 heavy (non-hydrogen) atoms. The Morgan fingerprint density at radius 2 is 1.76 bits per heavy atom. The van der Waals surface area contributed by atoms with Gasteiger partial charge in [-0.3, -0.25) is 0 Å². The number of hydrogen-bond acceptors (Lipinski definition) is 0. The first-order valence-corrected chi connectivity index (χ1v) is 10.8. The highest BCUT2D eigenvalue weighted by molar-refractivity contribution is 5.30. The van der Waals surface area contributed by atoms with Crippen LogP contribution in [0.3, 0.4) is 0 Å². The predicted molar refractivity (Wildman–Crippen MR) is 111 cm³/mol. The molecule has 0 aromatic rings. The zero-order valence-corrected chi connectivity index (χ0v) is 17.6. The molecule has 0 N–H and O–H groups in total. The second-order valence-electron chi connectivity index (χ2n) is 10.0. The van der Waals surface area contributed by atoms with Gasteiger partial charge in [0.15, 0.2) is 0 Å². The maximum atomic E-state index is 2.66. The van der Waals surface area contributed by atoms with Crippen LogP contribution in [0.15, 0.2) is 34.4 Å². The number of hydrogen-bond donors (Lipinski definition) is 0. The first-order chi connectivity index (χ1) is 11.8. The molecule has 0 heterocycles. The molecule has 3 rings (SSSR count). The molecule has 0 unspecified atom stereocenters. The molecule has 0 aromatic carbocycles. The average molecular weight is 341 g/mol. The van der Waals surface area contributed by atoms with Crippen LogP contribution in [-0.2, 0) is 0 Å². The van der Waals surface area contributed by atoms with Gasteiger partial charge in [0.05, 0.1) is 0 Å². The highest BCUT2D eigenvalue weighted by Gasteiger charge is 2.44. The van der Waals surface area contributed by atoms with Crippen LogP contribution in [-0.4, -0.2) is 0 Å². The Morgan fingerprint density at radius 1 is 1.00 bits per heavy atom. The van der Waals surface area contributed by atoms with Crippen molar-refractivity contribution in [2.45, 2.75) is 92.9 Å². The summed E-state index contributed by atoms with van der Waals surface area (Å²) >= 11 is 0. The lowest BCUT2D eigenvalue weighted by molar-refractivity contribution is 0.170. The minimum atomic E-state index is 0.510. The van der Waals surface area contributed by atoms with Gasteiger partial charge in [0, 0.05) is 5.92 Å². The third-order valence-electron chi connectivity index (χ3n) is 8.04. The molecule has 0 aliphatic heterocycles. The SMILES string of the molecule is CC1=C2CC/C(C)=C\C[C@@]3(C)CC[C@H](C(C)C)[C@@H]3C/C=C(/C)[C@H]2CC1. The van der Waals surface area contributed by atoms with Crippen molar-refractivity contribution in [3.63, 3.8) is 0 Å². The van der Waals surface area contributed by atoms with E-state index < -0.39 is 0 Å². The summed E-state index contributed by atoms with van der Waals surface area (Å²) in [6.07, 6.45) is 16.0. The summed E-state index contributed by atoms with van der Waals surface area (Å²) in [5.74, 6) is 3.34. The van der Waals surface area contributed by atoms with Gasteiger partial charge < -0.3 is 0 Å². The highest BCUT2D eigenvalue weighted by atomic mass is 14.5. The van der Waals surface area contributed by atoms with Crippen LogP contribution in [0.2, 0.25) is 0 Å². The molecular weight excluding hydrogens is 300 g/mol. The fourth-order valence-corrected chi connectivity index (χ4v) is 6.09. The van der Waals surface area contributed by atoms with Gasteiger partial charge in [-0.25, -0.2) is 0 Å². The first-order valence-electron chi connectivity index (χ1n) is 10.8. The monoisotopic (exact) mass is 340 g/mol. The summed E-state index contributed by atoms with van der Waals surface area (Å²) in [6, 6.07) is 0. The van der Waals surface area contributed by atoms with E-state index in [0.717, 1.165) is 23.7 Å². The van der Waals surface area contributed by atoms with Crippen molar-refractivity contribution in [1.29, 1.82) is 0 Å². The molecule has 3 aliphatic carbocycles. The second kappa shape index (κ2) is 7.45. The van der Waals surface area contributed by atoms with Gasteiger partial charge in [0.25, 0.3) is 0 Å². The van der Waals surface area contributed by atoms with Gasteiger partial charge in [-0.05, 0) is 95.3 Å². The molecule has 1 fully saturated rings. The van der Waals surface area contributed by atoms with Crippen molar-refractivity contribution < 1.29 is 0 Å². The average Bonchev–Trinajstić information content (AvgIpc) is 3.09. The third kappa shape index (κ3) is 3.83. The summed E-state index contributed by atoms with van der Waals surface area (Å²) in [4.78, 5) is 0. The van der Waals surface area contributed by atoms with Crippen molar-refractivity contribution in [1.82, 2.24) is 0 Å². The summed E-state index contributed by atoms with van der Waals surface area (Å²) in [5, 5.41) is 0. The molecule has 0 heteroatoms. The Morgan fingerprint density at radius 3 is 2.48 bits per heavy atom. The Hall–Kier alpha value is -0.780. The van der Waals surface area contributed by atoms with E-state index in [0.29, 0.717) is 5.41 Å². The molecule has 1 saturated carbocycles. The van der Waals surface area contributed by atoms with Crippen molar-refractivity contribution >= 4 is 0 Å². The van der Waals surface area contributed by atoms with E-state index in [4.69, 9.17) is 0 Å². The lowest BCUT2D eigenvalue weighted by atomic mass is 9.70. The minimum absolute atomic E-state index is 0.510. The molecule has 0 amide bonds. The predicted octanol–water partition coefficient (Wildman–Crippen LogP) is 7.87. The Bertz CT molecular complexity index is 585. The van der Waals surface area contributed by atoms with E-state index in [1.807, 2.05) is 0 Å². The molecule has 3 aliphatic rings. The second-order valence-corrected chi connectivity index (χ2v) is 10.0. The normalized spacial score (nSPS) is 41.3. The molecule has 0 aromatic heterocycles. The number of allylic oxidation sites excluding steroid dienone is 6. The smallest absolute Gasteiger partial charge is 0.000988 e. The van der Waals surface area contributed by atoms with Gasteiger partial charge in [0.2, 0.25) is 0 Å². The lowest BCUT2D eigenvalue weighted by Crippen LogP contribution is -2.27. The number of rotatable bonds is 1. The molecule has 0 spiro atoms. The molecule has 140 valence electrons. The van der Waals surface area contributed by atoms with Crippen molar-refractivity contribution in [3.8, 4) is 0 Å². The first kappa shape index (κ1) is 19.0. The van der Waals surface area contributed by atoms with Gasteiger partial charge in [-0.1, -0.05) is 55.2 Å². The standard InChI is InChI=1S/C25H40/c1-17(2)21-14-16-25(6)15-13-18(3)7-10-22-19(4)8-11-23(22)20(5)9-12-24(21)25/h9,13,17,21,23-24H,7-8,10-12,14-16H2,1-6H3/b18-13-,20-9-/t21-,23-,24+,25+/m1/s1. The zero-order chi connectivity index (χ0) is 18.2. The van der Waals surface area contributed by atoms with Gasteiger partial charge in [-0.2, -0.15) is 0 Å². The van der Waals surface area contributed by atoms with E-state index in [2.05, 4.69) is 53.7 Å². The zero-order valence-electron chi connectivity index (χ0n) is 17.6. The van der Waals surface area contributed by atoms with Gasteiger partial charge in [-0.15, -0.1) is 0 Å². The van der Waals surface area contributed by atoms with Gasteiger partial charge in [0.1, 0.15) is 0 Å². The Kier molecular flexibility index (Phi) is 5.66. The van der Waals surface area contributed by atoms with E-state index in [1.54, 1.807) is 22.3 Å². The number of fused-ring (bicyclic) bond motifs is 2. The molecule has 0 radical (unpaired) electrons. The molecule has 0 saturated heterocycles. The van der Waals surface area contributed by atoms with Gasteiger partial charge >= 0.3 is 0 Å². The van der Waals surface area contributed by atoms with E-state index >= 15 is 0 Å². The fourth-order valence-electron chi connectivity index (χ4n) is 6.09. The maximum Gasteiger partial charge on any atom is 0.000988 e. The lowest BCUT2D eigenvalue weighted by Gasteiger charge is -2.35. The van der Waals surface area contributed by atoms with Crippen LogP contribution in [0.5, 0.6) is 0 Å². The molecule has 0 bridgehead atoms. The molecule has 0 nitrogen and oxygen atoms in total. The quantitative estimate of drug-likeness (QED) is 0.426. The fraction of sp³-hybridized carbons (Fsp3) is 0.760. The van der Waals surface area contributed by atoms with Crippen molar-refractivity contribution in [2.24, 2.45) is 29.1 Å². The van der Waals surface area contributed by atoms with Crippen LogP contribution < -0.4 is 0 Å². The minimum Gasteiger partial charge on any atom is -0.0850 e.